The van der Waals surface area contributed by atoms with Gasteiger partial charge in [0.15, 0.2) is 5.69 Å². The number of nitrogens with zero attached hydrogens (tertiary/aromatic N) is 4. The van der Waals surface area contributed by atoms with Crippen molar-refractivity contribution in [2.75, 3.05) is 6.54 Å². The number of H-pyrrole nitrogens is 1. The number of nitrogens with two attached hydrogens (primary N) is 1. The van der Waals surface area contributed by atoms with Gasteiger partial charge in [0.2, 0.25) is 5.89 Å². The topological polar surface area (TPSA) is 107 Å². The van der Waals surface area contributed by atoms with Crippen molar-refractivity contribution in [3.63, 3.8) is 0 Å². The number of hydrogen-bond donors (Lipinski definition) is 2. The molecular weight excluding hydrogens is 172 g/mol. The molecule has 0 unspecified atom stereocenters. The first-order chi connectivity index (χ1) is 6.40. The standard InChI is InChI=1S/C6H8N6O/c7-2-1-5-10-11-6(13-5)4-3-8-12-9-4/h3H,1-2,7H2,(H,8,9,12). The molecule has 2 aromatic rings. The summed E-state index contributed by atoms with van der Waals surface area (Å²) in [4.78, 5) is 0. The van der Waals surface area contributed by atoms with Crippen molar-refractivity contribution in [2.45, 2.75) is 6.42 Å². The minimum Gasteiger partial charge on any atom is -0.419 e. The summed E-state index contributed by atoms with van der Waals surface area (Å²) in [7, 11) is 0. The summed E-state index contributed by atoms with van der Waals surface area (Å²) in [6, 6.07) is 0. The van der Waals surface area contributed by atoms with E-state index in [0.29, 0.717) is 30.4 Å². The van der Waals surface area contributed by atoms with Crippen LogP contribution in [0.4, 0.5) is 0 Å². The van der Waals surface area contributed by atoms with Crippen molar-refractivity contribution in [3.05, 3.63) is 12.1 Å². The highest BCUT2D eigenvalue weighted by molar-refractivity contribution is 5.42. The minimum atomic E-state index is 0.359. The molecule has 0 aliphatic carbocycles. The van der Waals surface area contributed by atoms with E-state index >= 15 is 0 Å². The molecule has 0 amide bonds. The molecule has 0 saturated carbocycles. The minimum absolute atomic E-state index is 0.359. The van der Waals surface area contributed by atoms with Crippen molar-refractivity contribution in [1.82, 2.24) is 25.6 Å². The van der Waals surface area contributed by atoms with Gasteiger partial charge in [-0.05, 0) is 0 Å². The number of hydrogen-bond acceptors (Lipinski definition) is 6. The molecule has 0 radical (unpaired) electrons. The van der Waals surface area contributed by atoms with Crippen molar-refractivity contribution < 1.29 is 4.42 Å². The zero-order valence-corrected chi connectivity index (χ0v) is 6.77. The Labute approximate surface area is 73.3 Å². The molecule has 7 nitrogen and oxygen atoms in total. The van der Waals surface area contributed by atoms with Crippen molar-refractivity contribution in [2.24, 2.45) is 5.73 Å². The second-order valence-electron chi connectivity index (χ2n) is 2.39. The quantitative estimate of drug-likeness (QED) is 0.650. The van der Waals surface area contributed by atoms with E-state index in [4.69, 9.17) is 10.2 Å². The number of aromatic nitrogens is 5. The molecule has 13 heavy (non-hydrogen) atoms. The molecule has 0 saturated heterocycles. The van der Waals surface area contributed by atoms with Crippen molar-refractivity contribution in [3.8, 4) is 11.6 Å². The molecular formula is C6H8N6O. The van der Waals surface area contributed by atoms with Crippen LogP contribution in [-0.2, 0) is 6.42 Å². The van der Waals surface area contributed by atoms with Gasteiger partial charge in [0, 0.05) is 13.0 Å². The molecule has 0 spiro atoms. The Bertz CT molecular complexity index is 366. The fraction of sp³-hybridized carbons (Fsp3) is 0.333. The molecule has 68 valence electrons. The Kier molecular flexibility index (Phi) is 2.01. The lowest BCUT2D eigenvalue weighted by Crippen LogP contribution is -2.02. The van der Waals surface area contributed by atoms with Crippen LogP contribution in [0, 0.1) is 0 Å². The smallest absolute Gasteiger partial charge is 0.269 e. The number of nitrogens with one attached hydrogen (secondary N) is 1. The highest BCUT2D eigenvalue weighted by Crippen LogP contribution is 2.12. The second-order valence-corrected chi connectivity index (χ2v) is 2.39. The van der Waals surface area contributed by atoms with Gasteiger partial charge >= 0.3 is 0 Å². The first kappa shape index (κ1) is 7.87. The van der Waals surface area contributed by atoms with Crippen LogP contribution in [0.5, 0.6) is 0 Å². The van der Waals surface area contributed by atoms with E-state index < -0.39 is 0 Å². The van der Waals surface area contributed by atoms with Crippen LogP contribution in [-0.4, -0.2) is 32.2 Å². The molecule has 0 fully saturated rings. The zero-order chi connectivity index (χ0) is 9.10. The third-order valence-corrected chi connectivity index (χ3v) is 1.46. The molecule has 0 aliphatic heterocycles. The van der Waals surface area contributed by atoms with Gasteiger partial charge in [-0.1, -0.05) is 0 Å². The Morgan fingerprint density at radius 3 is 3.08 bits per heavy atom. The molecule has 0 aliphatic rings. The van der Waals surface area contributed by atoms with Crippen LogP contribution < -0.4 is 5.73 Å². The van der Waals surface area contributed by atoms with E-state index in [1.165, 1.54) is 6.20 Å². The molecule has 0 aromatic carbocycles. The summed E-state index contributed by atoms with van der Waals surface area (Å²) in [6.07, 6.45) is 2.09. The lowest BCUT2D eigenvalue weighted by Gasteiger charge is -1.85. The Morgan fingerprint density at radius 2 is 2.38 bits per heavy atom. The largest absolute Gasteiger partial charge is 0.419 e. The van der Waals surface area contributed by atoms with Gasteiger partial charge < -0.3 is 10.2 Å². The van der Waals surface area contributed by atoms with Gasteiger partial charge in [-0.15, -0.1) is 10.2 Å². The van der Waals surface area contributed by atoms with E-state index in [9.17, 15) is 0 Å². The third-order valence-electron chi connectivity index (χ3n) is 1.46. The van der Waals surface area contributed by atoms with Gasteiger partial charge in [-0.3, -0.25) is 0 Å². The number of rotatable bonds is 3. The van der Waals surface area contributed by atoms with E-state index in [2.05, 4.69) is 25.6 Å². The predicted molar refractivity (Wildman–Crippen MR) is 42.4 cm³/mol. The van der Waals surface area contributed by atoms with Gasteiger partial charge in [-0.2, -0.15) is 15.4 Å². The second kappa shape index (κ2) is 3.31. The fourth-order valence-corrected chi connectivity index (χ4v) is 0.886. The summed E-state index contributed by atoms with van der Waals surface area (Å²) < 4.78 is 5.24. The van der Waals surface area contributed by atoms with E-state index in [0.717, 1.165) is 0 Å². The molecule has 3 N–H and O–H groups in total. The maximum absolute atomic E-state index is 5.33. The molecule has 2 rings (SSSR count). The van der Waals surface area contributed by atoms with Gasteiger partial charge in [0.25, 0.3) is 5.89 Å². The lowest BCUT2D eigenvalue weighted by molar-refractivity contribution is 0.505. The molecule has 2 aromatic heterocycles. The van der Waals surface area contributed by atoms with E-state index in [1.54, 1.807) is 0 Å². The summed E-state index contributed by atoms with van der Waals surface area (Å²) >= 11 is 0. The summed E-state index contributed by atoms with van der Waals surface area (Å²) in [5, 5.41) is 17.4. The SMILES string of the molecule is NCCc1nnc(-c2cn[nH]n2)o1. The molecule has 0 bridgehead atoms. The van der Waals surface area contributed by atoms with Gasteiger partial charge in [0.05, 0.1) is 6.20 Å². The highest BCUT2D eigenvalue weighted by Gasteiger charge is 2.09. The first-order valence-electron chi connectivity index (χ1n) is 3.78. The van der Waals surface area contributed by atoms with Crippen LogP contribution in [0.1, 0.15) is 5.89 Å². The van der Waals surface area contributed by atoms with Crippen LogP contribution in [0.25, 0.3) is 11.6 Å². The third kappa shape index (κ3) is 1.54. The Morgan fingerprint density at radius 1 is 1.46 bits per heavy atom. The predicted octanol–water partition coefficient (Wildman–Crippen LogP) is -0.644. The highest BCUT2D eigenvalue weighted by atomic mass is 16.4. The Hall–Kier alpha value is -1.76. The van der Waals surface area contributed by atoms with Gasteiger partial charge in [0.1, 0.15) is 0 Å². The molecule has 2 heterocycles. The monoisotopic (exact) mass is 180 g/mol. The maximum atomic E-state index is 5.33. The van der Waals surface area contributed by atoms with Crippen LogP contribution in [0.2, 0.25) is 0 Å². The molecule has 7 heteroatoms. The molecule has 0 atom stereocenters. The van der Waals surface area contributed by atoms with Crippen molar-refractivity contribution >= 4 is 0 Å². The van der Waals surface area contributed by atoms with Crippen molar-refractivity contribution in [1.29, 1.82) is 0 Å². The Balaban J connectivity index is 2.23. The number of aromatic amines is 1. The summed E-state index contributed by atoms with van der Waals surface area (Å²) in [5.41, 5.74) is 5.86. The van der Waals surface area contributed by atoms with E-state index in [-0.39, 0.29) is 0 Å². The normalized spacial score (nSPS) is 10.5. The fourth-order valence-electron chi connectivity index (χ4n) is 0.886. The van der Waals surface area contributed by atoms with Crippen LogP contribution in [0.15, 0.2) is 10.6 Å². The van der Waals surface area contributed by atoms with E-state index in [1.807, 2.05) is 0 Å². The first-order valence-corrected chi connectivity index (χ1v) is 3.78. The summed E-state index contributed by atoms with van der Waals surface area (Å²) in [6.45, 7) is 0.487. The summed E-state index contributed by atoms with van der Waals surface area (Å²) in [5.74, 6) is 0.873. The van der Waals surface area contributed by atoms with Crippen LogP contribution >= 0.6 is 0 Å². The van der Waals surface area contributed by atoms with Gasteiger partial charge in [-0.25, -0.2) is 0 Å². The lowest BCUT2D eigenvalue weighted by atomic mass is 10.4. The average molecular weight is 180 g/mol. The zero-order valence-electron chi connectivity index (χ0n) is 6.77. The van der Waals surface area contributed by atoms with Crippen LogP contribution in [0.3, 0.4) is 0 Å². The average Bonchev–Trinajstić information content (AvgIpc) is 2.70. The maximum Gasteiger partial charge on any atom is 0.269 e.